The number of likely N-dealkylation sites (N-methyl/N-ethyl adjacent to an activating group) is 1. The minimum absolute atomic E-state index is 0.0872. The first-order valence-electron chi connectivity index (χ1n) is 21.6. The lowest BCUT2D eigenvalue weighted by atomic mass is 10.1. The standard InChI is InChI=1S/C44H77NO11/c1-5-7-9-11-13-19-25-34-51-40(46)29-23-17-15-21-27-36-53-42(48)32-31-39(56-44(50)55-38-33-45(3)4)43(49)54-37-28-22-16-18-24-30-41(47)52-35-26-20-14-12-10-8-6-2/h19-20,25-26,39H,5-18,21-24,27-38H2,1-4H3/b25-19-,26-20-. The fourth-order valence-electron chi connectivity index (χ4n) is 5.44. The summed E-state index contributed by atoms with van der Waals surface area (Å²) in [5.41, 5.74) is 0. The van der Waals surface area contributed by atoms with E-state index in [9.17, 15) is 24.0 Å². The fourth-order valence-corrected chi connectivity index (χ4v) is 5.44. The van der Waals surface area contributed by atoms with Gasteiger partial charge in [-0.2, -0.15) is 0 Å². The maximum Gasteiger partial charge on any atom is 0.509 e. The van der Waals surface area contributed by atoms with E-state index < -0.39 is 24.2 Å². The van der Waals surface area contributed by atoms with Crippen molar-refractivity contribution in [2.24, 2.45) is 0 Å². The van der Waals surface area contributed by atoms with E-state index in [-0.39, 0.29) is 44.6 Å². The monoisotopic (exact) mass is 796 g/mol. The van der Waals surface area contributed by atoms with Gasteiger partial charge in [-0.05, 0) is 65.5 Å². The molecular formula is C44H77NO11. The van der Waals surface area contributed by atoms with Crippen LogP contribution in [0.3, 0.4) is 0 Å². The second kappa shape index (κ2) is 39.8. The maximum atomic E-state index is 12.8. The number of ether oxygens (including phenoxy) is 6. The molecule has 0 rings (SSSR count). The van der Waals surface area contributed by atoms with E-state index in [0.29, 0.717) is 45.4 Å². The third-order valence-electron chi connectivity index (χ3n) is 8.89. The quantitative estimate of drug-likeness (QED) is 0.0254. The summed E-state index contributed by atoms with van der Waals surface area (Å²) in [6.45, 7) is 5.98. The Hall–Kier alpha value is -3.41. The number of unbranched alkanes of at least 4 members (excludes halogenated alkanes) is 16. The van der Waals surface area contributed by atoms with Crippen LogP contribution in [0.4, 0.5) is 4.79 Å². The largest absolute Gasteiger partial charge is 0.509 e. The van der Waals surface area contributed by atoms with Gasteiger partial charge in [-0.3, -0.25) is 14.4 Å². The molecule has 0 aliphatic rings. The average molecular weight is 796 g/mol. The summed E-state index contributed by atoms with van der Waals surface area (Å²) in [5.74, 6) is -1.61. The molecule has 0 amide bonds. The summed E-state index contributed by atoms with van der Waals surface area (Å²) in [5, 5.41) is 0. The third kappa shape index (κ3) is 37.5. The average Bonchev–Trinajstić information content (AvgIpc) is 3.17. The molecule has 0 saturated carbocycles. The molecule has 0 N–H and O–H groups in total. The van der Waals surface area contributed by atoms with Crippen molar-refractivity contribution >= 4 is 30.0 Å². The van der Waals surface area contributed by atoms with Gasteiger partial charge in [0.15, 0.2) is 0 Å². The Labute approximate surface area is 338 Å². The third-order valence-corrected chi connectivity index (χ3v) is 8.89. The number of hydrogen-bond donors (Lipinski definition) is 0. The normalized spacial score (nSPS) is 11.9. The van der Waals surface area contributed by atoms with E-state index in [1.165, 1.54) is 51.4 Å². The molecule has 0 fully saturated rings. The van der Waals surface area contributed by atoms with Gasteiger partial charge in [-0.1, -0.05) is 115 Å². The molecule has 12 heteroatoms. The number of hydrogen-bond acceptors (Lipinski definition) is 12. The molecule has 12 nitrogen and oxygen atoms in total. The zero-order valence-corrected chi connectivity index (χ0v) is 35.5. The SMILES string of the molecule is CCCCCC/C=C\COC(=O)CCCCCCCOC(=O)CCC(OC(=O)OCCN(C)C)C(=O)OCCCCCCCC(=O)OC/C=C\CCCCCC. The number of nitrogens with zero attached hydrogens (tertiary/aromatic N) is 1. The van der Waals surface area contributed by atoms with Crippen LogP contribution in [-0.2, 0) is 47.6 Å². The molecule has 0 aliphatic carbocycles. The van der Waals surface area contributed by atoms with Crippen LogP contribution in [-0.4, -0.2) is 94.7 Å². The van der Waals surface area contributed by atoms with Crippen molar-refractivity contribution in [1.82, 2.24) is 4.90 Å². The molecule has 0 aliphatic heterocycles. The van der Waals surface area contributed by atoms with Crippen LogP contribution in [0.25, 0.3) is 0 Å². The highest BCUT2D eigenvalue weighted by atomic mass is 16.7. The molecule has 0 radical (unpaired) electrons. The van der Waals surface area contributed by atoms with Crippen LogP contribution >= 0.6 is 0 Å². The molecule has 56 heavy (non-hydrogen) atoms. The van der Waals surface area contributed by atoms with Crippen molar-refractivity contribution in [3.8, 4) is 0 Å². The van der Waals surface area contributed by atoms with E-state index in [1.807, 2.05) is 31.1 Å². The van der Waals surface area contributed by atoms with Gasteiger partial charge in [0.2, 0.25) is 6.10 Å². The Morgan fingerprint density at radius 1 is 0.482 bits per heavy atom. The second-order valence-electron chi connectivity index (χ2n) is 14.5. The van der Waals surface area contributed by atoms with Crippen molar-refractivity contribution in [2.75, 3.05) is 53.7 Å². The summed E-state index contributed by atoms with van der Waals surface area (Å²) in [6.07, 6.45) is 26.0. The highest BCUT2D eigenvalue weighted by molar-refractivity contribution is 5.78. The van der Waals surface area contributed by atoms with Crippen LogP contribution in [0.5, 0.6) is 0 Å². The first kappa shape index (κ1) is 52.6. The van der Waals surface area contributed by atoms with Gasteiger partial charge >= 0.3 is 30.0 Å². The Morgan fingerprint density at radius 2 is 0.946 bits per heavy atom. The molecular weight excluding hydrogens is 718 g/mol. The fraction of sp³-hybridized carbons (Fsp3) is 0.795. The van der Waals surface area contributed by atoms with Crippen LogP contribution in [0.15, 0.2) is 24.3 Å². The van der Waals surface area contributed by atoms with E-state index in [1.54, 1.807) is 0 Å². The van der Waals surface area contributed by atoms with Gasteiger partial charge in [-0.15, -0.1) is 0 Å². The maximum absolute atomic E-state index is 12.8. The van der Waals surface area contributed by atoms with E-state index in [2.05, 4.69) is 26.0 Å². The van der Waals surface area contributed by atoms with Gasteiger partial charge in [0.25, 0.3) is 0 Å². The number of carbonyl (C=O) groups is 5. The highest BCUT2D eigenvalue weighted by Gasteiger charge is 2.26. The Bertz CT molecular complexity index is 1060. The highest BCUT2D eigenvalue weighted by Crippen LogP contribution is 2.12. The second-order valence-corrected chi connectivity index (χ2v) is 14.5. The molecule has 0 aromatic carbocycles. The van der Waals surface area contributed by atoms with Crippen molar-refractivity contribution < 1.29 is 52.4 Å². The van der Waals surface area contributed by atoms with Crippen molar-refractivity contribution in [1.29, 1.82) is 0 Å². The van der Waals surface area contributed by atoms with Gasteiger partial charge < -0.3 is 33.3 Å². The summed E-state index contributed by atoms with van der Waals surface area (Å²) < 4.78 is 31.5. The van der Waals surface area contributed by atoms with E-state index in [4.69, 9.17) is 28.4 Å². The Kier molecular flexibility index (Phi) is 37.4. The first-order valence-corrected chi connectivity index (χ1v) is 21.6. The molecule has 0 spiro atoms. The van der Waals surface area contributed by atoms with Crippen molar-refractivity contribution in [3.05, 3.63) is 24.3 Å². The van der Waals surface area contributed by atoms with Gasteiger partial charge in [0.1, 0.15) is 19.8 Å². The predicted molar refractivity (Wildman–Crippen MR) is 219 cm³/mol. The number of allylic oxidation sites excluding steroid dienone is 2. The molecule has 0 heterocycles. The zero-order chi connectivity index (χ0) is 41.3. The first-order chi connectivity index (χ1) is 27.2. The smallest absolute Gasteiger partial charge is 0.466 e. The Morgan fingerprint density at radius 3 is 1.46 bits per heavy atom. The summed E-state index contributed by atoms with van der Waals surface area (Å²) in [7, 11) is 3.67. The van der Waals surface area contributed by atoms with Gasteiger partial charge in [0.05, 0.1) is 13.2 Å². The van der Waals surface area contributed by atoms with E-state index >= 15 is 0 Å². The molecule has 0 saturated heterocycles. The summed E-state index contributed by atoms with van der Waals surface area (Å²) in [6, 6.07) is 0. The number of carbonyl (C=O) groups excluding carboxylic acids is 5. The van der Waals surface area contributed by atoms with Gasteiger partial charge in [-0.25, -0.2) is 9.59 Å². The lowest BCUT2D eigenvalue weighted by molar-refractivity contribution is -0.156. The number of rotatable bonds is 38. The predicted octanol–water partition coefficient (Wildman–Crippen LogP) is 9.76. The topological polar surface area (TPSA) is 144 Å². The van der Waals surface area contributed by atoms with Crippen molar-refractivity contribution in [3.63, 3.8) is 0 Å². The molecule has 0 bridgehead atoms. The lowest BCUT2D eigenvalue weighted by Gasteiger charge is -2.17. The molecule has 0 aromatic heterocycles. The Balaban J connectivity index is 4.24. The van der Waals surface area contributed by atoms with Crippen LogP contribution in [0.1, 0.15) is 168 Å². The molecule has 324 valence electrons. The number of esters is 4. The van der Waals surface area contributed by atoms with Crippen molar-refractivity contribution in [2.45, 2.75) is 174 Å². The van der Waals surface area contributed by atoms with Crippen LogP contribution in [0, 0.1) is 0 Å². The zero-order valence-electron chi connectivity index (χ0n) is 35.5. The minimum atomic E-state index is -1.30. The van der Waals surface area contributed by atoms with Crippen LogP contribution in [0.2, 0.25) is 0 Å². The van der Waals surface area contributed by atoms with Crippen LogP contribution < -0.4 is 0 Å². The summed E-state index contributed by atoms with van der Waals surface area (Å²) in [4.78, 5) is 63.1. The summed E-state index contributed by atoms with van der Waals surface area (Å²) >= 11 is 0. The van der Waals surface area contributed by atoms with E-state index in [0.717, 1.165) is 64.2 Å². The minimum Gasteiger partial charge on any atom is -0.466 e. The lowest BCUT2D eigenvalue weighted by Crippen LogP contribution is -2.31. The molecule has 1 unspecified atom stereocenters. The van der Waals surface area contributed by atoms with Gasteiger partial charge in [0, 0.05) is 32.2 Å². The molecule has 1 atom stereocenters. The molecule has 0 aromatic rings.